The monoisotopic (exact) mass is 481 g/mol. The number of nitrogens with zero attached hydrogens (tertiary/aromatic N) is 6. The lowest BCUT2D eigenvalue weighted by Crippen LogP contribution is -2.16. The Morgan fingerprint density at radius 3 is 2.56 bits per heavy atom. The summed E-state index contributed by atoms with van der Waals surface area (Å²) in [6.45, 7) is 5.99. The van der Waals surface area contributed by atoms with E-state index in [1.165, 1.54) is 11.9 Å². The summed E-state index contributed by atoms with van der Waals surface area (Å²) < 4.78 is 8.64. The van der Waals surface area contributed by atoms with E-state index in [2.05, 4.69) is 38.5 Å². The second kappa shape index (κ2) is 9.61. The van der Waals surface area contributed by atoms with E-state index in [0.717, 1.165) is 33.6 Å². The van der Waals surface area contributed by atoms with Crippen LogP contribution < -0.4 is 10.1 Å². The Hall–Kier alpha value is -4.53. The van der Waals surface area contributed by atoms with Gasteiger partial charge >= 0.3 is 0 Å². The lowest BCUT2D eigenvalue weighted by atomic mass is 10.1. The zero-order chi connectivity index (χ0) is 25.2. The number of aromatic nitrogens is 6. The van der Waals surface area contributed by atoms with Crippen LogP contribution in [0.1, 0.15) is 28.8 Å². The molecule has 3 aromatic heterocycles. The summed E-state index contributed by atoms with van der Waals surface area (Å²) in [5, 5.41) is 12.9. The maximum absolute atomic E-state index is 12.8. The van der Waals surface area contributed by atoms with Crippen molar-refractivity contribution in [2.75, 3.05) is 12.4 Å². The van der Waals surface area contributed by atoms with Gasteiger partial charge < -0.3 is 10.1 Å². The van der Waals surface area contributed by atoms with E-state index in [1.54, 1.807) is 22.7 Å². The molecule has 0 saturated carbocycles. The van der Waals surface area contributed by atoms with Crippen LogP contribution in [0.2, 0.25) is 0 Å². The smallest absolute Gasteiger partial charge is 0.225 e. The molecule has 0 saturated heterocycles. The molecule has 0 bridgehead atoms. The number of carbonyl (C=O) groups excluding carboxylic acids is 1. The molecule has 5 rings (SSSR count). The highest BCUT2D eigenvalue weighted by molar-refractivity contribution is 5.91. The van der Waals surface area contributed by atoms with Gasteiger partial charge in [-0.1, -0.05) is 29.8 Å². The molecule has 182 valence electrons. The molecule has 9 nitrogen and oxygen atoms in total. The van der Waals surface area contributed by atoms with Gasteiger partial charge in [-0.25, -0.2) is 14.6 Å². The molecular formula is C27H27N7O2. The van der Waals surface area contributed by atoms with Gasteiger partial charge in [0, 0.05) is 12.5 Å². The first-order valence-electron chi connectivity index (χ1n) is 11.7. The third kappa shape index (κ3) is 4.55. The van der Waals surface area contributed by atoms with Gasteiger partial charge in [-0.05, 0) is 56.5 Å². The predicted octanol–water partition coefficient (Wildman–Crippen LogP) is 4.51. The van der Waals surface area contributed by atoms with Crippen LogP contribution in [0.5, 0.6) is 5.75 Å². The molecule has 9 heteroatoms. The average molecular weight is 482 g/mol. The molecule has 0 atom stereocenters. The second-order valence-corrected chi connectivity index (χ2v) is 8.76. The van der Waals surface area contributed by atoms with Crippen LogP contribution in [0.25, 0.3) is 22.5 Å². The molecule has 0 radical (unpaired) electrons. The number of ether oxygens (including phenoxy) is 1. The lowest BCUT2D eigenvalue weighted by molar-refractivity contribution is -0.116. The van der Waals surface area contributed by atoms with Gasteiger partial charge in [0.25, 0.3) is 0 Å². The van der Waals surface area contributed by atoms with Crippen LogP contribution >= 0.6 is 0 Å². The first-order chi connectivity index (χ1) is 17.4. The number of hydrogen-bond acceptors (Lipinski definition) is 6. The number of amides is 1. The molecule has 1 N–H and O–H groups in total. The fraction of sp³-hybridized carbons (Fsp3) is 0.222. The van der Waals surface area contributed by atoms with E-state index < -0.39 is 0 Å². The average Bonchev–Trinajstić information content (AvgIpc) is 3.46. The first kappa shape index (κ1) is 23.2. The molecule has 3 heterocycles. The summed E-state index contributed by atoms with van der Waals surface area (Å²) >= 11 is 0. The fourth-order valence-electron chi connectivity index (χ4n) is 4.23. The van der Waals surface area contributed by atoms with Crippen molar-refractivity contribution < 1.29 is 9.53 Å². The van der Waals surface area contributed by atoms with Crippen molar-refractivity contribution >= 4 is 22.8 Å². The molecule has 0 aliphatic carbocycles. The summed E-state index contributed by atoms with van der Waals surface area (Å²) in [5.41, 5.74) is 5.71. The van der Waals surface area contributed by atoms with Crippen molar-refractivity contribution in [3.8, 4) is 17.3 Å². The largest absolute Gasteiger partial charge is 0.497 e. The van der Waals surface area contributed by atoms with Gasteiger partial charge in [-0.3, -0.25) is 4.79 Å². The van der Waals surface area contributed by atoms with E-state index >= 15 is 0 Å². The SMILES string of the molecule is COc1ccc(CCC(=O)Nc2cc(C)nn2-c2ncnc3c2cnn3-c2ccc(C)cc2C)cc1. The minimum atomic E-state index is -0.108. The first-order valence-corrected chi connectivity index (χ1v) is 11.7. The highest BCUT2D eigenvalue weighted by atomic mass is 16.5. The van der Waals surface area contributed by atoms with Crippen LogP contribution in [0.3, 0.4) is 0 Å². The maximum Gasteiger partial charge on any atom is 0.225 e. The highest BCUT2D eigenvalue weighted by Crippen LogP contribution is 2.25. The summed E-state index contributed by atoms with van der Waals surface area (Å²) in [5.74, 6) is 1.78. The number of rotatable bonds is 7. The summed E-state index contributed by atoms with van der Waals surface area (Å²) in [4.78, 5) is 21.8. The number of benzene rings is 2. The van der Waals surface area contributed by atoms with Crippen LogP contribution in [0.4, 0.5) is 5.82 Å². The molecule has 0 aliphatic rings. The quantitative estimate of drug-likeness (QED) is 0.367. The van der Waals surface area contributed by atoms with Gasteiger partial charge in [0.15, 0.2) is 11.5 Å². The highest BCUT2D eigenvalue weighted by Gasteiger charge is 2.18. The number of fused-ring (bicyclic) bond motifs is 1. The van der Waals surface area contributed by atoms with Gasteiger partial charge in [-0.2, -0.15) is 14.9 Å². The van der Waals surface area contributed by atoms with Crippen LogP contribution in [-0.2, 0) is 11.2 Å². The third-order valence-corrected chi connectivity index (χ3v) is 6.02. The molecule has 0 fully saturated rings. The van der Waals surface area contributed by atoms with E-state index in [0.29, 0.717) is 30.1 Å². The molecule has 0 unspecified atom stereocenters. The van der Waals surface area contributed by atoms with Crippen LogP contribution in [0.15, 0.2) is 61.1 Å². The molecular weight excluding hydrogens is 454 g/mol. The number of nitrogens with one attached hydrogen (secondary N) is 1. The van der Waals surface area contributed by atoms with Gasteiger partial charge in [0.2, 0.25) is 5.91 Å². The van der Waals surface area contributed by atoms with Crippen molar-refractivity contribution in [1.29, 1.82) is 0 Å². The summed E-state index contributed by atoms with van der Waals surface area (Å²) in [7, 11) is 1.63. The van der Waals surface area contributed by atoms with Crippen molar-refractivity contribution in [2.24, 2.45) is 0 Å². The summed E-state index contributed by atoms with van der Waals surface area (Å²) in [6, 6.07) is 15.7. The number of anilines is 1. The number of aryl methyl sites for hydroxylation is 4. The molecule has 0 spiro atoms. The minimum Gasteiger partial charge on any atom is -0.497 e. The van der Waals surface area contributed by atoms with Crippen molar-refractivity contribution in [3.05, 3.63) is 83.4 Å². The molecule has 1 amide bonds. The summed E-state index contributed by atoms with van der Waals surface area (Å²) in [6.07, 6.45) is 4.17. The number of hydrogen-bond donors (Lipinski definition) is 1. The Bertz CT molecular complexity index is 1550. The minimum absolute atomic E-state index is 0.108. The predicted molar refractivity (Wildman–Crippen MR) is 138 cm³/mol. The van der Waals surface area contributed by atoms with Crippen molar-refractivity contribution in [2.45, 2.75) is 33.6 Å². The molecule has 0 aliphatic heterocycles. The Labute approximate surface area is 208 Å². The zero-order valence-corrected chi connectivity index (χ0v) is 20.7. The number of methoxy groups -OCH3 is 1. The Kier molecular flexibility index (Phi) is 6.20. The van der Waals surface area contributed by atoms with Crippen molar-refractivity contribution in [1.82, 2.24) is 29.5 Å². The topological polar surface area (TPSA) is 99.8 Å². The van der Waals surface area contributed by atoms with Crippen LogP contribution in [-0.4, -0.2) is 42.5 Å². The van der Waals surface area contributed by atoms with E-state index in [4.69, 9.17) is 4.74 Å². The van der Waals surface area contributed by atoms with E-state index in [9.17, 15) is 4.79 Å². The number of carbonyl (C=O) groups is 1. The normalized spacial score (nSPS) is 11.1. The molecule has 36 heavy (non-hydrogen) atoms. The lowest BCUT2D eigenvalue weighted by Gasteiger charge is -2.10. The van der Waals surface area contributed by atoms with Gasteiger partial charge in [0.05, 0.1) is 30.1 Å². The second-order valence-electron chi connectivity index (χ2n) is 8.76. The fourth-order valence-corrected chi connectivity index (χ4v) is 4.23. The molecule has 2 aromatic carbocycles. The van der Waals surface area contributed by atoms with Crippen LogP contribution in [0, 0.1) is 20.8 Å². The Morgan fingerprint density at radius 1 is 1.00 bits per heavy atom. The third-order valence-electron chi connectivity index (χ3n) is 6.02. The molecule has 5 aromatic rings. The Morgan fingerprint density at radius 2 is 1.81 bits per heavy atom. The van der Waals surface area contributed by atoms with Gasteiger partial charge in [0.1, 0.15) is 17.9 Å². The standard InChI is InChI=1S/C27H27N7O2/c1-17-5-11-23(18(2)13-17)33-26-22(15-30-33)27(29-16-28-26)34-24(14-19(3)32-34)31-25(35)12-8-20-6-9-21(36-4)10-7-20/h5-7,9-11,13-16H,8,12H2,1-4H3,(H,31,35). The zero-order valence-electron chi connectivity index (χ0n) is 20.7. The van der Waals surface area contributed by atoms with E-state index in [-0.39, 0.29) is 5.91 Å². The van der Waals surface area contributed by atoms with Gasteiger partial charge in [-0.15, -0.1) is 0 Å². The maximum atomic E-state index is 12.8. The van der Waals surface area contributed by atoms with Crippen molar-refractivity contribution in [3.63, 3.8) is 0 Å². The van der Waals surface area contributed by atoms with E-state index in [1.807, 2.05) is 56.3 Å². The Balaban J connectivity index is 1.41.